The molecular formula is C15H14BrN3S. The van der Waals surface area contributed by atoms with Crippen LogP contribution in [-0.4, -0.2) is 9.78 Å². The molecule has 0 unspecified atom stereocenters. The van der Waals surface area contributed by atoms with Gasteiger partial charge in [-0.15, -0.1) is 11.3 Å². The average molecular weight is 348 g/mol. The highest BCUT2D eigenvalue weighted by Crippen LogP contribution is 2.37. The van der Waals surface area contributed by atoms with Crippen molar-refractivity contribution in [3.05, 3.63) is 51.3 Å². The number of para-hydroxylation sites is 1. The van der Waals surface area contributed by atoms with E-state index in [1.807, 2.05) is 37.3 Å². The first-order chi connectivity index (χ1) is 9.58. The minimum Gasteiger partial charge on any atom is -0.383 e. The first-order valence-electron chi connectivity index (χ1n) is 6.24. The first kappa shape index (κ1) is 13.4. The fraction of sp³-hybridized carbons (Fsp3) is 0.133. The van der Waals surface area contributed by atoms with Crippen molar-refractivity contribution in [2.45, 2.75) is 13.8 Å². The van der Waals surface area contributed by atoms with Crippen LogP contribution in [0.5, 0.6) is 0 Å². The molecule has 2 N–H and O–H groups in total. The third kappa shape index (κ3) is 2.17. The molecule has 2 heterocycles. The Labute approximate surface area is 130 Å². The van der Waals surface area contributed by atoms with E-state index >= 15 is 0 Å². The third-order valence-electron chi connectivity index (χ3n) is 3.26. The summed E-state index contributed by atoms with van der Waals surface area (Å²) in [6.07, 6.45) is 0. The van der Waals surface area contributed by atoms with Crippen molar-refractivity contribution >= 4 is 33.1 Å². The van der Waals surface area contributed by atoms with E-state index in [4.69, 9.17) is 5.73 Å². The lowest BCUT2D eigenvalue weighted by Gasteiger charge is -2.02. The van der Waals surface area contributed by atoms with Crippen molar-refractivity contribution in [1.82, 2.24) is 9.78 Å². The molecule has 0 aliphatic heterocycles. The zero-order valence-corrected chi connectivity index (χ0v) is 13.6. The highest BCUT2D eigenvalue weighted by molar-refractivity contribution is 9.11. The maximum atomic E-state index is 6.21. The molecule has 0 aliphatic carbocycles. The number of nitrogens with two attached hydrogens (primary N) is 1. The van der Waals surface area contributed by atoms with Crippen LogP contribution in [0.2, 0.25) is 0 Å². The van der Waals surface area contributed by atoms with E-state index in [0.29, 0.717) is 5.82 Å². The van der Waals surface area contributed by atoms with Gasteiger partial charge in [-0.25, -0.2) is 4.68 Å². The van der Waals surface area contributed by atoms with Crippen LogP contribution >= 0.6 is 27.3 Å². The molecule has 20 heavy (non-hydrogen) atoms. The molecule has 0 spiro atoms. The second-order valence-electron chi connectivity index (χ2n) is 4.67. The Morgan fingerprint density at radius 2 is 1.90 bits per heavy atom. The van der Waals surface area contributed by atoms with Gasteiger partial charge in [0.25, 0.3) is 0 Å². The molecule has 0 amide bonds. The van der Waals surface area contributed by atoms with Gasteiger partial charge in [0.1, 0.15) is 11.5 Å². The monoisotopic (exact) mass is 347 g/mol. The number of aryl methyl sites for hydroxylation is 1. The second kappa shape index (κ2) is 5.07. The van der Waals surface area contributed by atoms with Crippen LogP contribution in [0, 0.1) is 13.8 Å². The SMILES string of the molecule is Cc1cc(-c2nn(-c3ccccc3)c(N)c2C)sc1Br. The number of halogens is 1. The molecule has 3 nitrogen and oxygen atoms in total. The Morgan fingerprint density at radius 1 is 1.20 bits per heavy atom. The van der Waals surface area contributed by atoms with E-state index in [9.17, 15) is 0 Å². The third-order valence-corrected chi connectivity index (χ3v) is 5.40. The van der Waals surface area contributed by atoms with Gasteiger partial charge in [-0.2, -0.15) is 5.10 Å². The molecule has 0 aliphatic rings. The van der Waals surface area contributed by atoms with Crippen molar-refractivity contribution in [1.29, 1.82) is 0 Å². The number of nitrogen functional groups attached to an aromatic ring is 1. The summed E-state index contributed by atoms with van der Waals surface area (Å²) in [5.74, 6) is 0.688. The maximum absolute atomic E-state index is 6.21. The van der Waals surface area contributed by atoms with Gasteiger partial charge in [-0.3, -0.25) is 0 Å². The molecular weight excluding hydrogens is 334 g/mol. The van der Waals surface area contributed by atoms with Gasteiger partial charge in [-0.05, 0) is 53.5 Å². The Morgan fingerprint density at radius 3 is 2.50 bits per heavy atom. The van der Waals surface area contributed by atoms with E-state index in [2.05, 4.69) is 34.0 Å². The fourth-order valence-corrected chi connectivity index (χ4v) is 3.66. The summed E-state index contributed by atoms with van der Waals surface area (Å²) in [6.45, 7) is 4.09. The number of anilines is 1. The standard InChI is InChI=1S/C15H14BrN3S/c1-9-8-12(20-14(9)16)13-10(2)15(17)19(18-13)11-6-4-3-5-7-11/h3-8H,17H2,1-2H3. The van der Waals surface area contributed by atoms with Crippen LogP contribution < -0.4 is 5.73 Å². The Hall–Kier alpha value is -1.59. The van der Waals surface area contributed by atoms with Crippen LogP contribution in [-0.2, 0) is 0 Å². The van der Waals surface area contributed by atoms with Crippen molar-refractivity contribution in [2.75, 3.05) is 5.73 Å². The van der Waals surface area contributed by atoms with Crippen LogP contribution in [0.15, 0.2) is 40.2 Å². The smallest absolute Gasteiger partial charge is 0.130 e. The summed E-state index contributed by atoms with van der Waals surface area (Å²) >= 11 is 5.24. The summed E-state index contributed by atoms with van der Waals surface area (Å²) in [5, 5.41) is 4.69. The Bertz CT molecular complexity index is 740. The lowest BCUT2D eigenvalue weighted by atomic mass is 10.2. The molecule has 3 aromatic rings. The fourth-order valence-electron chi connectivity index (χ4n) is 2.09. The number of hydrogen-bond acceptors (Lipinski definition) is 3. The number of nitrogens with zero attached hydrogens (tertiary/aromatic N) is 2. The summed E-state index contributed by atoms with van der Waals surface area (Å²) in [4.78, 5) is 1.13. The quantitative estimate of drug-likeness (QED) is 0.738. The number of aromatic nitrogens is 2. The summed E-state index contributed by atoms with van der Waals surface area (Å²) in [6, 6.07) is 12.1. The van der Waals surface area contributed by atoms with Gasteiger partial charge in [0.15, 0.2) is 0 Å². The summed E-state index contributed by atoms with van der Waals surface area (Å²) in [7, 11) is 0. The Kier molecular flexibility index (Phi) is 3.40. The zero-order chi connectivity index (χ0) is 14.3. The molecule has 0 radical (unpaired) electrons. The van der Waals surface area contributed by atoms with Crippen LogP contribution in [0.4, 0.5) is 5.82 Å². The predicted molar refractivity (Wildman–Crippen MR) is 88.5 cm³/mol. The molecule has 102 valence electrons. The largest absolute Gasteiger partial charge is 0.383 e. The molecule has 3 rings (SSSR count). The van der Waals surface area contributed by atoms with E-state index in [-0.39, 0.29) is 0 Å². The maximum Gasteiger partial charge on any atom is 0.130 e. The van der Waals surface area contributed by atoms with Crippen molar-refractivity contribution in [3.8, 4) is 16.3 Å². The Balaban J connectivity index is 2.15. The molecule has 5 heteroatoms. The normalized spacial score (nSPS) is 10.9. The summed E-state index contributed by atoms with van der Waals surface area (Å²) in [5.41, 5.74) is 10.4. The van der Waals surface area contributed by atoms with Gasteiger partial charge in [0.05, 0.1) is 14.4 Å². The number of thiophene rings is 1. The highest BCUT2D eigenvalue weighted by atomic mass is 79.9. The molecule has 0 atom stereocenters. The van der Waals surface area contributed by atoms with Crippen LogP contribution in [0.3, 0.4) is 0 Å². The van der Waals surface area contributed by atoms with Crippen LogP contribution in [0.1, 0.15) is 11.1 Å². The van der Waals surface area contributed by atoms with Gasteiger partial charge in [0, 0.05) is 5.56 Å². The highest BCUT2D eigenvalue weighted by Gasteiger charge is 2.16. The van der Waals surface area contributed by atoms with E-state index in [1.54, 1.807) is 16.0 Å². The topological polar surface area (TPSA) is 43.8 Å². The van der Waals surface area contributed by atoms with Crippen molar-refractivity contribution in [2.24, 2.45) is 0 Å². The van der Waals surface area contributed by atoms with E-state index in [1.165, 1.54) is 5.56 Å². The number of hydrogen-bond donors (Lipinski definition) is 1. The second-order valence-corrected chi connectivity index (χ2v) is 7.04. The van der Waals surface area contributed by atoms with E-state index in [0.717, 1.165) is 25.6 Å². The molecule has 0 fully saturated rings. The molecule has 0 bridgehead atoms. The lowest BCUT2D eigenvalue weighted by molar-refractivity contribution is 0.896. The molecule has 2 aromatic heterocycles. The predicted octanol–water partition coefficient (Wildman–Crippen LogP) is 4.56. The van der Waals surface area contributed by atoms with Crippen LogP contribution in [0.25, 0.3) is 16.3 Å². The minimum atomic E-state index is 0.688. The van der Waals surface area contributed by atoms with Gasteiger partial charge in [0.2, 0.25) is 0 Å². The molecule has 0 saturated heterocycles. The molecule has 0 saturated carbocycles. The van der Waals surface area contributed by atoms with E-state index < -0.39 is 0 Å². The van der Waals surface area contributed by atoms with Gasteiger partial charge in [-0.1, -0.05) is 18.2 Å². The van der Waals surface area contributed by atoms with Crippen molar-refractivity contribution in [3.63, 3.8) is 0 Å². The lowest BCUT2D eigenvalue weighted by Crippen LogP contribution is -2.01. The van der Waals surface area contributed by atoms with Gasteiger partial charge >= 0.3 is 0 Å². The number of benzene rings is 1. The average Bonchev–Trinajstić information content (AvgIpc) is 2.93. The summed E-state index contributed by atoms with van der Waals surface area (Å²) < 4.78 is 2.94. The minimum absolute atomic E-state index is 0.688. The number of rotatable bonds is 2. The zero-order valence-electron chi connectivity index (χ0n) is 11.2. The van der Waals surface area contributed by atoms with Crippen molar-refractivity contribution < 1.29 is 0 Å². The first-order valence-corrected chi connectivity index (χ1v) is 7.85. The molecule has 1 aromatic carbocycles. The van der Waals surface area contributed by atoms with Gasteiger partial charge < -0.3 is 5.73 Å².